The summed E-state index contributed by atoms with van der Waals surface area (Å²) in [6.45, 7) is 2.96. The first-order valence-corrected chi connectivity index (χ1v) is 8.22. The maximum Gasteiger partial charge on any atom is 0.186 e. The summed E-state index contributed by atoms with van der Waals surface area (Å²) in [6, 6.07) is 3.66. The molecule has 106 valence electrons. The first kappa shape index (κ1) is 14.5. The molecule has 0 saturated carbocycles. The molecule has 1 heterocycles. The Balaban J connectivity index is 2.18. The molecule has 0 bridgehead atoms. The molecule has 0 aliphatic carbocycles. The molecule has 0 aromatic heterocycles. The summed E-state index contributed by atoms with van der Waals surface area (Å²) in [5.74, 6) is 0.969. The lowest BCUT2D eigenvalue weighted by molar-refractivity contribution is 0.284. The highest BCUT2D eigenvalue weighted by atomic mass is 32.2. The van der Waals surface area contributed by atoms with E-state index in [-0.39, 0.29) is 0 Å². The van der Waals surface area contributed by atoms with Gasteiger partial charge in [0.05, 0.1) is 11.5 Å². The van der Waals surface area contributed by atoms with E-state index in [9.17, 15) is 8.76 Å². The van der Waals surface area contributed by atoms with Crippen molar-refractivity contribution in [2.45, 2.75) is 56.8 Å². The lowest BCUT2D eigenvalue weighted by atomic mass is 9.98. The molecule has 3 nitrogen and oxygen atoms in total. The number of hydrogen-bond acceptors (Lipinski definition) is 2. The van der Waals surface area contributed by atoms with Crippen LogP contribution in [0.5, 0.6) is 5.75 Å². The third-order valence-electron chi connectivity index (χ3n) is 3.55. The molecule has 19 heavy (non-hydrogen) atoms. The van der Waals surface area contributed by atoms with Crippen LogP contribution >= 0.6 is 0 Å². The molecule has 1 aromatic carbocycles. The van der Waals surface area contributed by atoms with Crippen molar-refractivity contribution in [1.29, 1.82) is 0 Å². The fourth-order valence-corrected chi connectivity index (χ4v) is 3.05. The molecular weight excluding hydrogens is 260 g/mol. The second-order valence-electron chi connectivity index (χ2n) is 5.08. The standard InChI is InChI=1S/C15H22O3S/c1-2-3-4-5-7-12-10-14(19(16)17)11-13-8-6-9-18-15(12)13/h10-11H,2-9H2,1H3,(H,16,17). The van der Waals surface area contributed by atoms with Crippen LogP contribution < -0.4 is 4.74 Å². The summed E-state index contributed by atoms with van der Waals surface area (Å²) in [4.78, 5) is 0.509. The van der Waals surface area contributed by atoms with Gasteiger partial charge in [-0.15, -0.1) is 0 Å². The fraction of sp³-hybridized carbons (Fsp3) is 0.600. The molecule has 2 rings (SSSR count). The van der Waals surface area contributed by atoms with E-state index in [1.165, 1.54) is 19.3 Å². The second kappa shape index (κ2) is 7.06. The quantitative estimate of drug-likeness (QED) is 0.639. The molecule has 1 aliphatic heterocycles. The van der Waals surface area contributed by atoms with Gasteiger partial charge in [-0.2, -0.15) is 0 Å². The van der Waals surface area contributed by atoms with Gasteiger partial charge in [-0.3, -0.25) is 0 Å². The minimum Gasteiger partial charge on any atom is -0.493 e. The maximum atomic E-state index is 11.3. The Kier molecular flexibility index (Phi) is 5.40. The van der Waals surface area contributed by atoms with Gasteiger partial charge in [0.2, 0.25) is 0 Å². The van der Waals surface area contributed by atoms with Gasteiger partial charge in [-0.05, 0) is 48.9 Å². The summed E-state index contributed by atoms with van der Waals surface area (Å²) >= 11 is -1.90. The first-order chi connectivity index (χ1) is 9.22. The van der Waals surface area contributed by atoms with E-state index in [4.69, 9.17) is 4.74 Å². The Labute approximate surface area is 117 Å². The van der Waals surface area contributed by atoms with E-state index in [0.29, 0.717) is 4.90 Å². The zero-order chi connectivity index (χ0) is 13.7. The molecule has 1 unspecified atom stereocenters. The molecular formula is C15H22O3S. The van der Waals surface area contributed by atoms with Crippen molar-refractivity contribution in [3.63, 3.8) is 0 Å². The van der Waals surface area contributed by atoms with Gasteiger partial charge < -0.3 is 9.29 Å². The summed E-state index contributed by atoms with van der Waals surface area (Å²) in [5, 5.41) is 0. The van der Waals surface area contributed by atoms with Gasteiger partial charge in [0.15, 0.2) is 11.1 Å². The van der Waals surface area contributed by atoms with Crippen molar-refractivity contribution < 1.29 is 13.5 Å². The molecule has 0 saturated heterocycles. The van der Waals surface area contributed by atoms with Crippen LogP contribution in [-0.4, -0.2) is 15.4 Å². The Morgan fingerprint density at radius 1 is 1.32 bits per heavy atom. The highest BCUT2D eigenvalue weighted by Crippen LogP contribution is 2.32. The number of hydrogen-bond donors (Lipinski definition) is 1. The van der Waals surface area contributed by atoms with Crippen LogP contribution in [0, 0.1) is 0 Å². The number of unbranched alkanes of at least 4 members (excludes halogenated alkanes) is 3. The molecule has 1 N–H and O–H groups in total. The Hall–Kier alpha value is -0.870. The van der Waals surface area contributed by atoms with Gasteiger partial charge >= 0.3 is 0 Å². The smallest absolute Gasteiger partial charge is 0.186 e. The van der Waals surface area contributed by atoms with Crippen molar-refractivity contribution >= 4 is 11.1 Å². The fourth-order valence-electron chi connectivity index (χ4n) is 2.56. The van der Waals surface area contributed by atoms with Crippen LogP contribution in [0.3, 0.4) is 0 Å². The van der Waals surface area contributed by atoms with Crippen molar-refractivity contribution in [2.24, 2.45) is 0 Å². The van der Waals surface area contributed by atoms with Crippen LogP contribution in [0.15, 0.2) is 17.0 Å². The second-order valence-corrected chi connectivity index (χ2v) is 6.05. The van der Waals surface area contributed by atoms with E-state index in [1.807, 2.05) is 12.1 Å². The van der Waals surface area contributed by atoms with Gasteiger partial charge in [-0.1, -0.05) is 26.2 Å². The largest absolute Gasteiger partial charge is 0.493 e. The molecule has 4 heteroatoms. The highest BCUT2D eigenvalue weighted by Gasteiger charge is 2.17. The zero-order valence-corrected chi connectivity index (χ0v) is 12.3. The monoisotopic (exact) mass is 282 g/mol. The Bertz CT molecular complexity index is 457. The zero-order valence-electron chi connectivity index (χ0n) is 11.5. The maximum absolute atomic E-state index is 11.3. The lowest BCUT2D eigenvalue weighted by Gasteiger charge is -2.21. The topological polar surface area (TPSA) is 46.5 Å². The number of fused-ring (bicyclic) bond motifs is 1. The summed E-state index contributed by atoms with van der Waals surface area (Å²) in [5.41, 5.74) is 2.20. The summed E-state index contributed by atoms with van der Waals surface area (Å²) < 4.78 is 26.3. The molecule has 0 radical (unpaired) electrons. The molecule has 0 amide bonds. The number of benzene rings is 1. The Morgan fingerprint density at radius 3 is 2.89 bits per heavy atom. The van der Waals surface area contributed by atoms with Crippen LogP contribution in [-0.2, 0) is 23.9 Å². The summed E-state index contributed by atoms with van der Waals surface area (Å²) in [6.07, 6.45) is 7.66. The van der Waals surface area contributed by atoms with Crippen molar-refractivity contribution in [3.8, 4) is 5.75 Å². The van der Waals surface area contributed by atoms with Crippen molar-refractivity contribution in [3.05, 3.63) is 23.3 Å². The molecule has 0 fully saturated rings. The SMILES string of the molecule is CCCCCCc1cc(S(=O)O)cc2c1OCCC2. The van der Waals surface area contributed by atoms with Crippen LogP contribution in [0.2, 0.25) is 0 Å². The third kappa shape index (κ3) is 3.80. The first-order valence-electron chi connectivity index (χ1n) is 7.12. The van der Waals surface area contributed by atoms with Crippen molar-refractivity contribution in [2.75, 3.05) is 6.61 Å². The van der Waals surface area contributed by atoms with Crippen LogP contribution in [0.1, 0.15) is 50.2 Å². The molecule has 0 spiro atoms. The van der Waals surface area contributed by atoms with Gasteiger partial charge in [0.1, 0.15) is 5.75 Å². The molecule has 1 atom stereocenters. The summed E-state index contributed by atoms with van der Waals surface area (Å²) in [7, 11) is 0. The normalized spacial score (nSPS) is 15.7. The van der Waals surface area contributed by atoms with E-state index >= 15 is 0 Å². The minimum atomic E-state index is -1.90. The third-order valence-corrected chi connectivity index (χ3v) is 4.19. The average Bonchev–Trinajstić information content (AvgIpc) is 2.43. The van der Waals surface area contributed by atoms with Gasteiger partial charge in [0, 0.05) is 0 Å². The predicted molar refractivity (Wildman–Crippen MR) is 77.1 cm³/mol. The van der Waals surface area contributed by atoms with Crippen LogP contribution in [0.25, 0.3) is 0 Å². The number of rotatable bonds is 6. The van der Waals surface area contributed by atoms with E-state index in [2.05, 4.69) is 6.92 Å². The minimum absolute atomic E-state index is 0.509. The van der Waals surface area contributed by atoms with Crippen molar-refractivity contribution in [1.82, 2.24) is 0 Å². The molecule has 1 aromatic rings. The highest BCUT2D eigenvalue weighted by molar-refractivity contribution is 7.79. The van der Waals surface area contributed by atoms with E-state index in [1.54, 1.807) is 0 Å². The average molecular weight is 282 g/mol. The van der Waals surface area contributed by atoms with Gasteiger partial charge in [0.25, 0.3) is 0 Å². The number of ether oxygens (including phenoxy) is 1. The predicted octanol–water partition coefficient (Wildman–Crippen LogP) is 3.72. The Morgan fingerprint density at radius 2 is 2.16 bits per heavy atom. The van der Waals surface area contributed by atoms with E-state index in [0.717, 1.165) is 49.2 Å². The van der Waals surface area contributed by atoms with Gasteiger partial charge in [-0.25, -0.2) is 4.21 Å². The molecule has 1 aliphatic rings. The van der Waals surface area contributed by atoms with Crippen LogP contribution in [0.4, 0.5) is 0 Å². The lowest BCUT2D eigenvalue weighted by Crippen LogP contribution is -2.11. The van der Waals surface area contributed by atoms with E-state index < -0.39 is 11.1 Å². The number of aryl methyl sites for hydroxylation is 2.